The van der Waals surface area contributed by atoms with Gasteiger partial charge in [-0.15, -0.1) is 0 Å². The first kappa shape index (κ1) is 16.7. The molecule has 1 saturated heterocycles. The first-order chi connectivity index (χ1) is 10.4. The number of carbonyl (C=O) groups excluding carboxylic acids is 1. The van der Waals surface area contributed by atoms with Gasteiger partial charge in [-0.25, -0.2) is 13.2 Å². The number of nitrogens with two attached hydrogens (primary N) is 1. The summed E-state index contributed by atoms with van der Waals surface area (Å²) in [6.45, 7) is 1.30. The van der Waals surface area contributed by atoms with Crippen molar-refractivity contribution < 1.29 is 22.7 Å². The first-order valence-electron chi connectivity index (χ1n) is 6.90. The average molecular weight is 328 g/mol. The molecule has 0 aromatic heterocycles. The van der Waals surface area contributed by atoms with Crippen LogP contribution in [0.4, 0.5) is 0 Å². The van der Waals surface area contributed by atoms with E-state index in [0.29, 0.717) is 19.6 Å². The Morgan fingerprint density at radius 3 is 2.68 bits per heavy atom. The fourth-order valence-electron chi connectivity index (χ4n) is 2.47. The zero-order chi connectivity index (χ0) is 16.3. The van der Waals surface area contributed by atoms with Crippen LogP contribution in [0, 0.1) is 5.92 Å². The van der Waals surface area contributed by atoms with E-state index in [0.717, 1.165) is 6.42 Å². The molecule has 0 aliphatic carbocycles. The van der Waals surface area contributed by atoms with Gasteiger partial charge in [-0.05, 0) is 37.1 Å². The van der Waals surface area contributed by atoms with Crippen molar-refractivity contribution in [3.05, 3.63) is 23.8 Å². The zero-order valence-corrected chi connectivity index (χ0v) is 13.4. The van der Waals surface area contributed by atoms with Crippen molar-refractivity contribution in [1.29, 1.82) is 0 Å². The van der Waals surface area contributed by atoms with Gasteiger partial charge >= 0.3 is 5.97 Å². The highest BCUT2D eigenvalue weighted by Gasteiger charge is 2.32. The van der Waals surface area contributed by atoms with Gasteiger partial charge in [0.25, 0.3) is 0 Å². The van der Waals surface area contributed by atoms with E-state index >= 15 is 0 Å². The number of benzene rings is 1. The van der Waals surface area contributed by atoms with E-state index in [1.165, 1.54) is 36.7 Å². The topological polar surface area (TPSA) is 98.9 Å². The summed E-state index contributed by atoms with van der Waals surface area (Å²) in [6.07, 6.45) is 0.746. The number of carbonyl (C=O) groups is 1. The van der Waals surface area contributed by atoms with Crippen molar-refractivity contribution in [3.8, 4) is 5.75 Å². The van der Waals surface area contributed by atoms with Gasteiger partial charge in [0.1, 0.15) is 11.3 Å². The Kier molecular flexibility index (Phi) is 5.05. The van der Waals surface area contributed by atoms with Gasteiger partial charge < -0.3 is 15.2 Å². The van der Waals surface area contributed by atoms with Crippen molar-refractivity contribution in [2.75, 3.05) is 33.9 Å². The van der Waals surface area contributed by atoms with Gasteiger partial charge in [-0.2, -0.15) is 4.31 Å². The van der Waals surface area contributed by atoms with Gasteiger partial charge in [0, 0.05) is 13.1 Å². The lowest BCUT2D eigenvalue weighted by Gasteiger charge is -2.17. The molecule has 0 spiro atoms. The molecule has 1 aromatic carbocycles. The van der Waals surface area contributed by atoms with Crippen molar-refractivity contribution in [2.45, 2.75) is 11.3 Å². The largest absolute Gasteiger partial charge is 0.496 e. The van der Waals surface area contributed by atoms with Crippen molar-refractivity contribution in [3.63, 3.8) is 0 Å². The second-order valence-electron chi connectivity index (χ2n) is 5.11. The highest BCUT2D eigenvalue weighted by atomic mass is 32.2. The molecule has 0 amide bonds. The maximum absolute atomic E-state index is 12.7. The molecule has 8 heteroatoms. The van der Waals surface area contributed by atoms with Crippen LogP contribution in [-0.4, -0.2) is 52.5 Å². The number of rotatable bonds is 5. The Labute approximate surface area is 130 Å². The fraction of sp³-hybridized carbons (Fsp3) is 0.500. The lowest BCUT2D eigenvalue weighted by atomic mass is 10.1. The van der Waals surface area contributed by atoms with E-state index < -0.39 is 16.0 Å². The minimum Gasteiger partial charge on any atom is -0.496 e. The van der Waals surface area contributed by atoms with E-state index in [1.54, 1.807) is 0 Å². The molecule has 22 heavy (non-hydrogen) atoms. The van der Waals surface area contributed by atoms with Crippen LogP contribution in [0.1, 0.15) is 16.8 Å². The normalized spacial score (nSPS) is 19.1. The van der Waals surface area contributed by atoms with Gasteiger partial charge in [-0.3, -0.25) is 0 Å². The lowest BCUT2D eigenvalue weighted by Crippen LogP contribution is -2.30. The maximum atomic E-state index is 12.7. The van der Waals surface area contributed by atoms with Gasteiger partial charge in [0.2, 0.25) is 10.0 Å². The third kappa shape index (κ3) is 3.08. The number of methoxy groups -OCH3 is 2. The predicted molar refractivity (Wildman–Crippen MR) is 80.3 cm³/mol. The SMILES string of the molecule is COC(=O)c1cc(S(=O)(=O)N2CCC(CN)C2)ccc1OC. The standard InChI is InChI=1S/C14H20N2O5S/c1-20-13-4-3-11(7-12(13)14(17)21-2)22(18,19)16-6-5-10(8-15)9-16/h3-4,7,10H,5-6,8-9,15H2,1-2H3. The van der Waals surface area contributed by atoms with E-state index in [-0.39, 0.29) is 22.1 Å². The molecule has 0 bridgehead atoms. The van der Waals surface area contributed by atoms with Crippen LogP contribution in [0.25, 0.3) is 0 Å². The minimum atomic E-state index is -3.66. The van der Waals surface area contributed by atoms with Crippen molar-refractivity contribution in [1.82, 2.24) is 4.31 Å². The van der Waals surface area contributed by atoms with E-state index in [4.69, 9.17) is 10.5 Å². The average Bonchev–Trinajstić information content (AvgIpc) is 3.03. The predicted octanol–water partition coefficient (Wildman–Crippen LogP) is 0.451. The van der Waals surface area contributed by atoms with E-state index in [1.807, 2.05) is 0 Å². The van der Waals surface area contributed by atoms with E-state index in [2.05, 4.69) is 4.74 Å². The highest BCUT2D eigenvalue weighted by molar-refractivity contribution is 7.89. The molecular weight excluding hydrogens is 308 g/mol. The number of hydrogen-bond donors (Lipinski definition) is 1. The molecule has 0 saturated carbocycles. The van der Waals surface area contributed by atoms with Crippen LogP contribution in [0.2, 0.25) is 0 Å². The monoisotopic (exact) mass is 328 g/mol. The summed E-state index contributed by atoms with van der Waals surface area (Å²) in [6, 6.07) is 4.17. The molecule has 1 heterocycles. The highest BCUT2D eigenvalue weighted by Crippen LogP contribution is 2.28. The van der Waals surface area contributed by atoms with Crippen LogP contribution < -0.4 is 10.5 Å². The Morgan fingerprint density at radius 2 is 2.14 bits per heavy atom. The second-order valence-corrected chi connectivity index (χ2v) is 7.05. The Hall–Kier alpha value is -1.64. The third-order valence-electron chi connectivity index (χ3n) is 3.80. The molecule has 1 unspecified atom stereocenters. The Bertz CT molecular complexity index is 659. The molecule has 1 aromatic rings. The van der Waals surface area contributed by atoms with Gasteiger partial charge in [-0.1, -0.05) is 0 Å². The van der Waals surface area contributed by atoms with Crippen LogP contribution in [0.3, 0.4) is 0 Å². The van der Waals surface area contributed by atoms with E-state index in [9.17, 15) is 13.2 Å². The molecule has 1 fully saturated rings. The maximum Gasteiger partial charge on any atom is 0.341 e. The summed E-state index contributed by atoms with van der Waals surface area (Å²) in [5, 5.41) is 0. The third-order valence-corrected chi connectivity index (χ3v) is 5.66. The molecule has 0 radical (unpaired) electrons. The minimum absolute atomic E-state index is 0.0476. The summed E-state index contributed by atoms with van der Waals surface area (Å²) >= 11 is 0. The van der Waals surface area contributed by atoms with Crippen molar-refractivity contribution in [2.24, 2.45) is 11.7 Å². The molecule has 1 aliphatic rings. The molecule has 2 N–H and O–H groups in total. The van der Waals surface area contributed by atoms with Crippen LogP contribution in [0.15, 0.2) is 23.1 Å². The lowest BCUT2D eigenvalue weighted by molar-refractivity contribution is 0.0597. The molecule has 7 nitrogen and oxygen atoms in total. The summed E-state index contributed by atoms with van der Waals surface area (Å²) in [7, 11) is -1.02. The summed E-state index contributed by atoms with van der Waals surface area (Å²) in [4.78, 5) is 11.8. The first-order valence-corrected chi connectivity index (χ1v) is 8.34. The molecule has 1 atom stereocenters. The smallest absolute Gasteiger partial charge is 0.341 e. The molecule has 122 valence electrons. The Morgan fingerprint density at radius 1 is 1.41 bits per heavy atom. The number of hydrogen-bond acceptors (Lipinski definition) is 6. The molecule has 1 aliphatic heterocycles. The van der Waals surface area contributed by atoms with Crippen molar-refractivity contribution >= 4 is 16.0 Å². The quantitative estimate of drug-likeness (QED) is 0.788. The fourth-order valence-corrected chi connectivity index (χ4v) is 4.03. The zero-order valence-electron chi connectivity index (χ0n) is 12.6. The summed E-state index contributed by atoms with van der Waals surface area (Å²) in [5.74, 6) is -0.199. The van der Waals surface area contributed by atoms with Gasteiger partial charge in [0.15, 0.2) is 0 Å². The van der Waals surface area contributed by atoms with Gasteiger partial charge in [0.05, 0.1) is 19.1 Å². The summed E-state index contributed by atoms with van der Waals surface area (Å²) in [5.41, 5.74) is 5.68. The van der Waals surface area contributed by atoms with Crippen LogP contribution in [0.5, 0.6) is 5.75 Å². The number of nitrogens with zero attached hydrogens (tertiary/aromatic N) is 1. The second kappa shape index (κ2) is 6.64. The molecule has 2 rings (SSSR count). The van der Waals surface area contributed by atoms with Crippen LogP contribution >= 0.6 is 0 Å². The Balaban J connectivity index is 2.38. The number of esters is 1. The summed E-state index contributed by atoms with van der Waals surface area (Å²) < 4.78 is 36.4. The number of sulfonamides is 1. The molecular formula is C14H20N2O5S. The van der Waals surface area contributed by atoms with Crippen LogP contribution in [-0.2, 0) is 14.8 Å². The number of ether oxygens (including phenoxy) is 2.